The molecule has 0 saturated heterocycles. The van der Waals surface area contributed by atoms with Crippen LogP contribution in [0.1, 0.15) is 11.1 Å². The van der Waals surface area contributed by atoms with Crippen molar-refractivity contribution in [2.45, 2.75) is 13.0 Å². The number of aliphatic carboxylic acids is 1. The molecule has 2 aromatic carbocycles. The number of amides is 1. The van der Waals surface area contributed by atoms with Crippen LogP contribution in [0.25, 0.3) is 0 Å². The van der Waals surface area contributed by atoms with Gasteiger partial charge in [0.15, 0.2) is 6.61 Å². The van der Waals surface area contributed by atoms with Crippen molar-refractivity contribution in [3.8, 4) is 11.5 Å². The van der Waals surface area contributed by atoms with E-state index in [2.05, 4.69) is 0 Å². The lowest BCUT2D eigenvalue weighted by molar-refractivity contribution is -0.139. The molecule has 1 aliphatic rings. The van der Waals surface area contributed by atoms with E-state index in [-0.39, 0.29) is 18.4 Å². The average Bonchev–Trinajstić information content (AvgIpc) is 2.66. The van der Waals surface area contributed by atoms with E-state index in [1.807, 2.05) is 36.4 Å². The van der Waals surface area contributed by atoms with Gasteiger partial charge in [0.05, 0.1) is 5.92 Å². The van der Waals surface area contributed by atoms with Crippen LogP contribution in [0.2, 0.25) is 0 Å². The van der Waals surface area contributed by atoms with Crippen LogP contribution < -0.4 is 9.47 Å². The maximum absolute atomic E-state index is 12.7. The van der Waals surface area contributed by atoms with Crippen molar-refractivity contribution in [3.05, 3.63) is 59.7 Å². The minimum absolute atomic E-state index is 0.0470. The molecule has 0 aliphatic carbocycles. The maximum atomic E-state index is 12.7. The Morgan fingerprint density at radius 2 is 1.92 bits per heavy atom. The number of fused-ring (bicyclic) bond motifs is 1. The third-order valence-corrected chi connectivity index (χ3v) is 4.31. The summed E-state index contributed by atoms with van der Waals surface area (Å²) in [5.41, 5.74) is 2.01. The van der Waals surface area contributed by atoms with Crippen molar-refractivity contribution in [2.75, 3.05) is 20.3 Å². The van der Waals surface area contributed by atoms with Crippen LogP contribution in [-0.4, -0.2) is 42.1 Å². The highest BCUT2D eigenvalue weighted by atomic mass is 16.5. The first-order chi connectivity index (χ1) is 12.5. The van der Waals surface area contributed by atoms with Crippen LogP contribution in [0.3, 0.4) is 0 Å². The molecule has 6 heteroatoms. The predicted octanol–water partition coefficient (Wildman–Crippen LogP) is 2.36. The van der Waals surface area contributed by atoms with Gasteiger partial charge in [-0.3, -0.25) is 4.79 Å². The second-order valence-electron chi connectivity index (χ2n) is 6.34. The molecule has 1 atom stereocenters. The first kappa shape index (κ1) is 17.8. The van der Waals surface area contributed by atoms with Crippen molar-refractivity contribution in [1.82, 2.24) is 4.90 Å². The van der Waals surface area contributed by atoms with Crippen LogP contribution in [-0.2, 0) is 22.6 Å². The number of carboxylic acid groups (broad SMARTS) is 1. The number of carbonyl (C=O) groups is 2. The number of para-hydroxylation sites is 1. The van der Waals surface area contributed by atoms with Gasteiger partial charge in [-0.2, -0.15) is 0 Å². The van der Waals surface area contributed by atoms with Gasteiger partial charge in [-0.05, 0) is 35.7 Å². The molecule has 1 heterocycles. The third-order valence-electron chi connectivity index (χ3n) is 4.31. The van der Waals surface area contributed by atoms with E-state index in [0.29, 0.717) is 25.3 Å². The fourth-order valence-electron chi connectivity index (χ4n) is 2.99. The Balaban J connectivity index is 1.57. The number of hydrogen-bond acceptors (Lipinski definition) is 4. The fourth-order valence-corrected chi connectivity index (χ4v) is 2.99. The zero-order valence-electron chi connectivity index (χ0n) is 14.6. The van der Waals surface area contributed by atoms with Crippen LogP contribution in [0.4, 0.5) is 0 Å². The zero-order chi connectivity index (χ0) is 18.5. The Bertz CT molecular complexity index is 787. The Morgan fingerprint density at radius 1 is 1.19 bits per heavy atom. The Morgan fingerprint density at radius 3 is 2.65 bits per heavy atom. The van der Waals surface area contributed by atoms with Crippen LogP contribution >= 0.6 is 0 Å². The summed E-state index contributed by atoms with van der Waals surface area (Å²) in [5.74, 6) is 0.188. The average molecular weight is 355 g/mol. The maximum Gasteiger partial charge on any atom is 0.341 e. The molecular weight excluding hydrogens is 334 g/mol. The largest absolute Gasteiger partial charge is 0.492 e. The second kappa shape index (κ2) is 7.91. The third kappa shape index (κ3) is 4.33. The topological polar surface area (TPSA) is 76.1 Å². The number of nitrogens with zero attached hydrogens (tertiary/aromatic N) is 1. The first-order valence-electron chi connectivity index (χ1n) is 8.42. The quantitative estimate of drug-likeness (QED) is 0.861. The highest BCUT2D eigenvalue weighted by molar-refractivity contribution is 5.79. The van der Waals surface area contributed by atoms with Crippen molar-refractivity contribution < 1.29 is 24.2 Å². The van der Waals surface area contributed by atoms with E-state index in [1.165, 1.54) is 0 Å². The van der Waals surface area contributed by atoms with Crippen molar-refractivity contribution in [3.63, 3.8) is 0 Å². The molecule has 1 aliphatic heterocycles. The highest BCUT2D eigenvalue weighted by Gasteiger charge is 2.28. The molecule has 2 aromatic rings. The van der Waals surface area contributed by atoms with E-state index in [4.69, 9.17) is 14.6 Å². The lowest BCUT2D eigenvalue weighted by atomic mass is 9.95. The molecule has 0 bridgehead atoms. The zero-order valence-corrected chi connectivity index (χ0v) is 14.6. The minimum Gasteiger partial charge on any atom is -0.492 e. The van der Waals surface area contributed by atoms with Gasteiger partial charge in [-0.1, -0.05) is 30.3 Å². The molecular formula is C20H21NO5. The second-order valence-corrected chi connectivity index (χ2v) is 6.34. The molecule has 1 amide bonds. The SMILES string of the molecule is CN(Cc1ccc(OCC(=O)O)cc1)C(=O)C1COc2ccccc2C1. The minimum atomic E-state index is -1.02. The summed E-state index contributed by atoms with van der Waals surface area (Å²) in [6, 6.07) is 14.9. The van der Waals surface area contributed by atoms with E-state index < -0.39 is 5.97 Å². The molecule has 0 fully saturated rings. The molecule has 3 rings (SSSR count). The molecule has 0 radical (unpaired) electrons. The molecule has 1 N–H and O–H groups in total. The number of carboxylic acids is 1. The van der Waals surface area contributed by atoms with E-state index in [0.717, 1.165) is 16.9 Å². The number of hydrogen-bond donors (Lipinski definition) is 1. The summed E-state index contributed by atoms with van der Waals surface area (Å²) in [7, 11) is 1.78. The van der Waals surface area contributed by atoms with Gasteiger partial charge in [-0.15, -0.1) is 0 Å². The van der Waals surface area contributed by atoms with Crippen LogP contribution in [0, 0.1) is 5.92 Å². The lowest BCUT2D eigenvalue weighted by Crippen LogP contribution is -2.38. The van der Waals surface area contributed by atoms with E-state index in [1.54, 1.807) is 24.1 Å². The normalized spacial score (nSPS) is 15.5. The van der Waals surface area contributed by atoms with Gasteiger partial charge in [0.1, 0.15) is 18.1 Å². The fraction of sp³-hybridized carbons (Fsp3) is 0.300. The van der Waals surface area contributed by atoms with Crippen molar-refractivity contribution in [2.24, 2.45) is 5.92 Å². The summed E-state index contributed by atoms with van der Waals surface area (Å²) in [6.45, 7) is 0.485. The molecule has 26 heavy (non-hydrogen) atoms. The van der Waals surface area contributed by atoms with Crippen molar-refractivity contribution in [1.29, 1.82) is 0 Å². The molecule has 0 spiro atoms. The number of benzene rings is 2. The summed E-state index contributed by atoms with van der Waals surface area (Å²) in [6.07, 6.45) is 0.682. The number of carbonyl (C=O) groups excluding carboxylic acids is 1. The number of ether oxygens (including phenoxy) is 2. The monoisotopic (exact) mass is 355 g/mol. The summed E-state index contributed by atoms with van der Waals surface area (Å²) in [4.78, 5) is 24.9. The van der Waals surface area contributed by atoms with Gasteiger partial charge < -0.3 is 19.5 Å². The smallest absolute Gasteiger partial charge is 0.341 e. The Kier molecular flexibility index (Phi) is 5.41. The lowest BCUT2D eigenvalue weighted by Gasteiger charge is -2.28. The van der Waals surface area contributed by atoms with E-state index >= 15 is 0 Å². The summed E-state index contributed by atoms with van der Waals surface area (Å²) < 4.78 is 10.8. The highest BCUT2D eigenvalue weighted by Crippen LogP contribution is 2.27. The van der Waals surface area contributed by atoms with E-state index in [9.17, 15) is 9.59 Å². The molecule has 1 unspecified atom stereocenters. The van der Waals surface area contributed by atoms with Gasteiger partial charge >= 0.3 is 5.97 Å². The standard InChI is InChI=1S/C20H21NO5/c1-21(11-14-6-8-17(9-7-14)25-13-19(22)23)20(24)16-10-15-4-2-3-5-18(15)26-12-16/h2-9,16H,10-13H2,1H3,(H,22,23). The molecule has 6 nitrogen and oxygen atoms in total. The predicted molar refractivity (Wildman–Crippen MR) is 95.2 cm³/mol. The van der Waals surface area contributed by atoms with Crippen LogP contribution in [0.5, 0.6) is 11.5 Å². The molecule has 0 saturated carbocycles. The Hall–Kier alpha value is -3.02. The number of rotatable bonds is 6. The first-order valence-corrected chi connectivity index (χ1v) is 8.42. The van der Waals surface area contributed by atoms with Gasteiger partial charge in [0.2, 0.25) is 5.91 Å². The van der Waals surface area contributed by atoms with Crippen molar-refractivity contribution >= 4 is 11.9 Å². The Labute approximate surface area is 152 Å². The summed E-state index contributed by atoms with van der Waals surface area (Å²) >= 11 is 0. The summed E-state index contributed by atoms with van der Waals surface area (Å²) in [5, 5.41) is 8.62. The van der Waals surface area contributed by atoms with Gasteiger partial charge in [-0.25, -0.2) is 4.79 Å². The van der Waals surface area contributed by atoms with Gasteiger partial charge in [0, 0.05) is 13.6 Å². The van der Waals surface area contributed by atoms with Crippen LogP contribution in [0.15, 0.2) is 48.5 Å². The van der Waals surface area contributed by atoms with Gasteiger partial charge in [0.25, 0.3) is 0 Å². The molecule has 0 aromatic heterocycles. The molecule has 136 valence electrons.